The van der Waals surface area contributed by atoms with Crippen molar-refractivity contribution in [1.82, 2.24) is 0 Å². The lowest BCUT2D eigenvalue weighted by Gasteiger charge is -2.04. The van der Waals surface area contributed by atoms with E-state index in [9.17, 15) is 22.0 Å². The molecule has 0 fully saturated rings. The molecule has 198 valence electrons. The fourth-order valence-corrected chi connectivity index (χ4v) is 5.41. The number of alkyl halides is 3. The predicted octanol–water partition coefficient (Wildman–Crippen LogP) is 9.78. The molecule has 4 aromatic carbocycles. The van der Waals surface area contributed by atoms with E-state index < -0.39 is 23.4 Å². The Balaban J connectivity index is 1.30. The molecule has 0 aliphatic carbocycles. The van der Waals surface area contributed by atoms with Crippen molar-refractivity contribution in [3.8, 4) is 45.2 Å². The second-order valence-electron chi connectivity index (χ2n) is 9.20. The van der Waals surface area contributed by atoms with Gasteiger partial charge in [0.15, 0.2) is 0 Å². The Labute approximate surface area is 233 Å². The standard InChI is InChI=1S/C34H21F5S/c1-2-3-23-8-11-28-21-33(40-32(28)20-23)27-14-12-26(13-15-27)25-9-6-22(7-10-25)4-5-24-18-30(35)29(31(36)19-24)16-17-34(37,38)39/h6-15,18-21H,2-3H2,1H3. The molecule has 0 atom stereocenters. The molecular formula is C34H21F5S. The van der Waals surface area contributed by atoms with Gasteiger partial charge >= 0.3 is 6.18 Å². The van der Waals surface area contributed by atoms with Crippen LogP contribution in [0.15, 0.2) is 84.9 Å². The van der Waals surface area contributed by atoms with Crippen LogP contribution in [0.1, 0.15) is 35.6 Å². The topological polar surface area (TPSA) is 0 Å². The molecule has 0 aliphatic rings. The van der Waals surface area contributed by atoms with E-state index in [-0.39, 0.29) is 5.56 Å². The van der Waals surface area contributed by atoms with Gasteiger partial charge < -0.3 is 0 Å². The molecule has 0 aliphatic heterocycles. The number of hydrogen-bond acceptors (Lipinski definition) is 1. The van der Waals surface area contributed by atoms with Crippen molar-refractivity contribution in [2.75, 3.05) is 0 Å². The minimum atomic E-state index is -4.84. The first kappa shape index (κ1) is 27.2. The predicted molar refractivity (Wildman–Crippen MR) is 152 cm³/mol. The number of halogens is 5. The van der Waals surface area contributed by atoms with Crippen LogP contribution < -0.4 is 0 Å². The van der Waals surface area contributed by atoms with Gasteiger partial charge in [0.1, 0.15) is 11.6 Å². The number of hydrogen-bond donors (Lipinski definition) is 0. The Morgan fingerprint density at radius 3 is 1.90 bits per heavy atom. The van der Waals surface area contributed by atoms with Crippen LogP contribution in [0.3, 0.4) is 0 Å². The fourth-order valence-electron chi connectivity index (χ4n) is 4.28. The fraction of sp³-hybridized carbons (Fsp3) is 0.118. The maximum absolute atomic E-state index is 14.1. The summed E-state index contributed by atoms with van der Waals surface area (Å²) in [5, 5.41) is 1.25. The Morgan fingerprint density at radius 1 is 0.675 bits per heavy atom. The molecule has 0 spiro atoms. The van der Waals surface area contributed by atoms with Crippen molar-refractivity contribution in [3.63, 3.8) is 0 Å². The summed E-state index contributed by atoms with van der Waals surface area (Å²) in [5.74, 6) is 5.45. The zero-order valence-corrected chi connectivity index (χ0v) is 22.1. The first-order valence-corrected chi connectivity index (χ1v) is 13.3. The van der Waals surface area contributed by atoms with Crippen molar-refractivity contribution in [3.05, 3.63) is 119 Å². The summed E-state index contributed by atoms with van der Waals surface area (Å²) < 4.78 is 66.2. The molecule has 0 unspecified atom stereocenters. The molecule has 1 heterocycles. The van der Waals surface area contributed by atoms with Crippen LogP contribution in [-0.4, -0.2) is 6.18 Å². The van der Waals surface area contributed by atoms with Crippen LogP contribution in [0.4, 0.5) is 22.0 Å². The number of fused-ring (bicyclic) bond motifs is 1. The third-order valence-corrected chi connectivity index (χ3v) is 7.38. The highest BCUT2D eigenvalue weighted by molar-refractivity contribution is 7.22. The lowest BCUT2D eigenvalue weighted by molar-refractivity contribution is -0.0696. The van der Waals surface area contributed by atoms with E-state index in [1.807, 2.05) is 12.1 Å². The van der Waals surface area contributed by atoms with Gasteiger partial charge in [0.25, 0.3) is 0 Å². The maximum atomic E-state index is 14.1. The molecule has 0 radical (unpaired) electrons. The summed E-state index contributed by atoms with van der Waals surface area (Å²) >= 11 is 1.79. The summed E-state index contributed by atoms with van der Waals surface area (Å²) in [4.78, 5) is 1.22. The molecule has 0 amide bonds. The van der Waals surface area contributed by atoms with E-state index in [0.29, 0.717) is 5.56 Å². The highest BCUT2D eigenvalue weighted by Gasteiger charge is 2.23. The highest BCUT2D eigenvalue weighted by atomic mass is 32.1. The van der Waals surface area contributed by atoms with Gasteiger partial charge in [-0.2, -0.15) is 13.2 Å². The molecule has 0 bridgehead atoms. The monoisotopic (exact) mass is 556 g/mol. The van der Waals surface area contributed by atoms with Crippen LogP contribution in [0, 0.1) is 35.3 Å². The van der Waals surface area contributed by atoms with Crippen LogP contribution in [0.2, 0.25) is 0 Å². The van der Waals surface area contributed by atoms with Crippen LogP contribution in [0.5, 0.6) is 0 Å². The Bertz CT molecular complexity index is 1780. The molecule has 0 N–H and O–H groups in total. The first-order chi connectivity index (χ1) is 19.2. The Hall–Kier alpha value is -4.39. The van der Waals surface area contributed by atoms with Crippen LogP contribution in [0.25, 0.3) is 31.7 Å². The quantitative estimate of drug-likeness (QED) is 0.153. The number of aryl methyl sites for hydroxylation is 1. The molecule has 5 aromatic rings. The average molecular weight is 557 g/mol. The van der Waals surface area contributed by atoms with Crippen LogP contribution in [-0.2, 0) is 6.42 Å². The van der Waals surface area contributed by atoms with Gasteiger partial charge in [-0.15, -0.1) is 11.3 Å². The largest absolute Gasteiger partial charge is 0.458 e. The zero-order chi connectivity index (χ0) is 28.3. The minimum absolute atomic E-state index is 0.00458. The molecule has 0 saturated heterocycles. The van der Waals surface area contributed by atoms with Gasteiger partial charge in [-0.25, -0.2) is 8.78 Å². The Morgan fingerprint density at radius 2 is 1.27 bits per heavy atom. The molecule has 40 heavy (non-hydrogen) atoms. The van der Waals surface area contributed by atoms with Gasteiger partial charge in [0.05, 0.1) is 5.56 Å². The van der Waals surface area contributed by atoms with E-state index in [1.165, 1.54) is 26.4 Å². The van der Waals surface area contributed by atoms with Crippen molar-refractivity contribution < 1.29 is 22.0 Å². The summed E-state index contributed by atoms with van der Waals surface area (Å²) in [6, 6.07) is 26.4. The summed E-state index contributed by atoms with van der Waals surface area (Å²) in [5.41, 5.74) is 4.21. The van der Waals surface area contributed by atoms with Gasteiger partial charge in [0.2, 0.25) is 0 Å². The molecule has 6 heteroatoms. The van der Waals surface area contributed by atoms with Gasteiger partial charge in [0, 0.05) is 26.6 Å². The molecule has 1 aromatic heterocycles. The van der Waals surface area contributed by atoms with Crippen molar-refractivity contribution in [2.45, 2.75) is 25.9 Å². The third-order valence-electron chi connectivity index (χ3n) is 6.23. The van der Waals surface area contributed by atoms with Gasteiger partial charge in [-0.05, 0) is 70.5 Å². The molecule has 0 saturated carbocycles. The molecule has 5 rings (SSSR count). The highest BCUT2D eigenvalue weighted by Crippen LogP contribution is 2.35. The third kappa shape index (κ3) is 6.42. The second-order valence-corrected chi connectivity index (χ2v) is 10.3. The number of benzene rings is 4. The lowest BCUT2D eigenvalue weighted by Crippen LogP contribution is -2.02. The van der Waals surface area contributed by atoms with Gasteiger partial charge in [-0.1, -0.05) is 79.6 Å². The first-order valence-electron chi connectivity index (χ1n) is 12.5. The zero-order valence-electron chi connectivity index (χ0n) is 21.3. The molecular weight excluding hydrogens is 535 g/mol. The number of rotatable bonds is 4. The summed E-state index contributed by atoms with van der Waals surface area (Å²) in [6.07, 6.45) is -2.64. The smallest absolute Gasteiger partial charge is 0.205 e. The Kier molecular flexibility index (Phi) is 7.74. The SMILES string of the molecule is CCCc1ccc2cc(-c3ccc(-c4ccc(C#Cc5cc(F)c(C#CC(F)(F)F)c(F)c5)cc4)cc3)sc2c1. The van der Waals surface area contributed by atoms with E-state index in [2.05, 4.69) is 67.3 Å². The van der Waals surface area contributed by atoms with E-state index in [4.69, 9.17) is 0 Å². The second kappa shape index (κ2) is 11.4. The lowest BCUT2D eigenvalue weighted by atomic mass is 10.0. The summed E-state index contributed by atoms with van der Waals surface area (Å²) in [7, 11) is 0. The number of thiophene rings is 1. The van der Waals surface area contributed by atoms with Crippen molar-refractivity contribution in [2.24, 2.45) is 0 Å². The normalized spacial score (nSPS) is 11.1. The van der Waals surface area contributed by atoms with E-state index in [1.54, 1.807) is 23.5 Å². The van der Waals surface area contributed by atoms with Gasteiger partial charge in [-0.3, -0.25) is 0 Å². The van der Waals surface area contributed by atoms with E-state index >= 15 is 0 Å². The van der Waals surface area contributed by atoms with Crippen molar-refractivity contribution in [1.29, 1.82) is 0 Å². The molecule has 0 nitrogen and oxygen atoms in total. The summed E-state index contributed by atoms with van der Waals surface area (Å²) in [6.45, 7) is 2.18. The average Bonchev–Trinajstić information content (AvgIpc) is 3.35. The maximum Gasteiger partial charge on any atom is 0.458 e. The van der Waals surface area contributed by atoms with Crippen molar-refractivity contribution >= 4 is 21.4 Å². The minimum Gasteiger partial charge on any atom is -0.205 e. The van der Waals surface area contributed by atoms with Crippen LogP contribution >= 0.6 is 11.3 Å². The van der Waals surface area contributed by atoms with E-state index in [0.717, 1.165) is 47.6 Å².